The summed E-state index contributed by atoms with van der Waals surface area (Å²) in [5, 5.41) is 8.44. The predicted octanol–water partition coefficient (Wildman–Crippen LogP) is 2.88. The van der Waals surface area contributed by atoms with Crippen LogP contribution >= 0.6 is 0 Å². The van der Waals surface area contributed by atoms with Crippen molar-refractivity contribution in [1.29, 1.82) is 0 Å². The molecule has 3 N–H and O–H groups in total. The fourth-order valence-electron chi connectivity index (χ4n) is 3.68. The molecule has 1 aliphatic rings. The van der Waals surface area contributed by atoms with E-state index in [2.05, 4.69) is 54.1 Å². The van der Waals surface area contributed by atoms with Crippen LogP contribution < -0.4 is 16.0 Å². The summed E-state index contributed by atoms with van der Waals surface area (Å²) >= 11 is 0. The Balaban J connectivity index is 1.91. The molecule has 1 aliphatic carbocycles. The highest BCUT2D eigenvalue weighted by molar-refractivity contribution is 5.85. The Labute approximate surface area is 157 Å². The number of benzene rings is 1. The summed E-state index contributed by atoms with van der Waals surface area (Å²) in [6, 6.07) is 9.03. The summed E-state index contributed by atoms with van der Waals surface area (Å²) in [5.41, 5.74) is 2.65. The Hall–Kier alpha value is -1.88. The van der Waals surface area contributed by atoms with Gasteiger partial charge in [-0.25, -0.2) is 0 Å². The first-order valence-corrected chi connectivity index (χ1v) is 9.81. The van der Waals surface area contributed by atoms with Crippen molar-refractivity contribution in [2.24, 2.45) is 5.92 Å². The molecular weight excluding hydrogens is 326 g/mol. The molecule has 1 saturated carbocycles. The molecule has 1 aromatic carbocycles. The second-order valence-electron chi connectivity index (χ2n) is 7.55. The van der Waals surface area contributed by atoms with Gasteiger partial charge in [0.2, 0.25) is 11.8 Å². The van der Waals surface area contributed by atoms with E-state index >= 15 is 0 Å². The molecule has 1 atom stereocenters. The Morgan fingerprint density at radius 2 is 1.65 bits per heavy atom. The Bertz CT molecular complexity index is 577. The van der Waals surface area contributed by atoms with Gasteiger partial charge in [-0.2, -0.15) is 0 Å². The number of carbonyl (C=O) groups excluding carboxylic acids is 2. The van der Waals surface area contributed by atoms with Crippen LogP contribution in [0.3, 0.4) is 0 Å². The molecule has 26 heavy (non-hydrogen) atoms. The Kier molecular flexibility index (Phi) is 8.10. The molecule has 5 heteroatoms. The lowest BCUT2D eigenvalue weighted by atomic mass is 9.83. The predicted molar refractivity (Wildman–Crippen MR) is 105 cm³/mol. The summed E-state index contributed by atoms with van der Waals surface area (Å²) in [6.07, 6.45) is 6.66. The zero-order valence-electron chi connectivity index (χ0n) is 16.3. The number of amides is 2. The van der Waals surface area contributed by atoms with Gasteiger partial charge in [-0.05, 0) is 35.8 Å². The molecule has 1 fully saturated rings. The van der Waals surface area contributed by atoms with Gasteiger partial charge < -0.3 is 16.0 Å². The van der Waals surface area contributed by atoms with Crippen LogP contribution in [0.15, 0.2) is 24.3 Å². The van der Waals surface area contributed by atoms with Crippen molar-refractivity contribution in [2.45, 2.75) is 57.9 Å². The molecule has 2 amide bonds. The lowest BCUT2D eigenvalue weighted by Gasteiger charge is -2.25. The summed E-state index contributed by atoms with van der Waals surface area (Å²) in [6.45, 7) is 4.51. The van der Waals surface area contributed by atoms with Gasteiger partial charge in [0, 0.05) is 13.1 Å². The number of hydrogen-bond acceptors (Lipinski definition) is 3. The molecule has 0 radical (unpaired) electrons. The second-order valence-corrected chi connectivity index (χ2v) is 7.55. The molecule has 0 bridgehead atoms. The van der Waals surface area contributed by atoms with Gasteiger partial charge >= 0.3 is 0 Å². The first-order valence-electron chi connectivity index (χ1n) is 9.81. The van der Waals surface area contributed by atoms with E-state index in [0.29, 0.717) is 11.8 Å². The van der Waals surface area contributed by atoms with Gasteiger partial charge in [-0.3, -0.25) is 9.59 Å². The molecule has 0 aromatic heterocycles. The van der Waals surface area contributed by atoms with Gasteiger partial charge in [0.1, 0.15) is 0 Å². The zero-order chi connectivity index (χ0) is 18.9. The Morgan fingerprint density at radius 3 is 2.23 bits per heavy atom. The van der Waals surface area contributed by atoms with E-state index in [9.17, 15) is 9.59 Å². The maximum absolute atomic E-state index is 11.9. The Morgan fingerprint density at radius 1 is 1.00 bits per heavy atom. The van der Waals surface area contributed by atoms with Crippen molar-refractivity contribution in [3.63, 3.8) is 0 Å². The van der Waals surface area contributed by atoms with Gasteiger partial charge in [0.25, 0.3) is 0 Å². The van der Waals surface area contributed by atoms with E-state index in [1.807, 2.05) is 0 Å². The number of nitrogens with one attached hydrogen (secondary N) is 3. The fraction of sp³-hybridized carbons (Fsp3) is 0.619. The largest absolute Gasteiger partial charge is 0.358 e. The van der Waals surface area contributed by atoms with Crippen molar-refractivity contribution in [3.8, 4) is 0 Å². The van der Waals surface area contributed by atoms with E-state index in [1.165, 1.54) is 43.2 Å². The number of likely N-dealkylation sites (N-methyl/N-ethyl adjacent to an activating group) is 1. The van der Waals surface area contributed by atoms with Crippen LogP contribution in [0.5, 0.6) is 0 Å². The highest BCUT2D eigenvalue weighted by atomic mass is 16.2. The lowest BCUT2D eigenvalue weighted by Crippen LogP contribution is -2.41. The average molecular weight is 360 g/mol. The van der Waals surface area contributed by atoms with Crippen LogP contribution in [0.4, 0.5) is 0 Å². The van der Waals surface area contributed by atoms with Crippen molar-refractivity contribution in [2.75, 3.05) is 20.1 Å². The molecule has 0 saturated heterocycles. The maximum Gasteiger partial charge on any atom is 0.239 e. The first-order chi connectivity index (χ1) is 12.5. The van der Waals surface area contributed by atoms with Crippen LogP contribution in [0.1, 0.15) is 69.0 Å². The number of rotatable bonds is 8. The number of carbonyl (C=O) groups is 2. The molecule has 0 spiro atoms. The molecular formula is C21H33N3O2. The van der Waals surface area contributed by atoms with E-state index in [-0.39, 0.29) is 30.9 Å². The SMILES string of the molecule is CNC(=O)CNC(=O)CN[C@@H](c1ccc(C2CCCCC2)cc1)C(C)C. The average Bonchev–Trinajstić information content (AvgIpc) is 2.67. The van der Waals surface area contributed by atoms with E-state index in [4.69, 9.17) is 0 Å². The molecule has 1 aromatic rings. The van der Waals surface area contributed by atoms with Gasteiger partial charge in [-0.15, -0.1) is 0 Å². The summed E-state index contributed by atoms with van der Waals surface area (Å²) < 4.78 is 0. The van der Waals surface area contributed by atoms with Crippen LogP contribution in [0.25, 0.3) is 0 Å². The third-order valence-corrected chi connectivity index (χ3v) is 5.25. The minimum absolute atomic E-state index is 0.0133. The zero-order valence-corrected chi connectivity index (χ0v) is 16.3. The molecule has 0 aliphatic heterocycles. The summed E-state index contributed by atoms with van der Waals surface area (Å²) in [7, 11) is 1.55. The third-order valence-electron chi connectivity index (χ3n) is 5.25. The van der Waals surface area contributed by atoms with E-state index < -0.39 is 0 Å². The second kappa shape index (κ2) is 10.3. The standard InChI is InChI=1S/C21H33N3O2/c1-15(2)21(24-14-20(26)23-13-19(25)22-3)18-11-9-17(10-12-18)16-7-5-4-6-8-16/h9-12,15-16,21,24H,4-8,13-14H2,1-3H3,(H,22,25)(H,23,26)/t21-/m1/s1. The molecule has 144 valence electrons. The van der Waals surface area contributed by atoms with Crippen LogP contribution in [-0.2, 0) is 9.59 Å². The molecule has 2 rings (SSSR count). The third kappa shape index (κ3) is 6.13. The van der Waals surface area contributed by atoms with E-state index in [0.717, 1.165) is 0 Å². The van der Waals surface area contributed by atoms with Crippen molar-refractivity contribution in [1.82, 2.24) is 16.0 Å². The van der Waals surface area contributed by atoms with Crippen LogP contribution in [0, 0.1) is 5.92 Å². The molecule has 5 nitrogen and oxygen atoms in total. The quantitative estimate of drug-likeness (QED) is 0.668. The van der Waals surface area contributed by atoms with Crippen molar-refractivity contribution < 1.29 is 9.59 Å². The first kappa shape index (κ1) is 20.4. The fourth-order valence-corrected chi connectivity index (χ4v) is 3.68. The molecule has 0 heterocycles. The van der Waals surface area contributed by atoms with E-state index in [1.54, 1.807) is 7.05 Å². The highest BCUT2D eigenvalue weighted by Crippen LogP contribution is 2.33. The van der Waals surface area contributed by atoms with Crippen molar-refractivity contribution >= 4 is 11.8 Å². The minimum atomic E-state index is -0.197. The van der Waals surface area contributed by atoms with Crippen LogP contribution in [0.2, 0.25) is 0 Å². The maximum atomic E-state index is 11.9. The number of hydrogen-bond donors (Lipinski definition) is 3. The molecule has 0 unspecified atom stereocenters. The van der Waals surface area contributed by atoms with Crippen molar-refractivity contribution in [3.05, 3.63) is 35.4 Å². The monoisotopic (exact) mass is 359 g/mol. The van der Waals surface area contributed by atoms with Crippen LogP contribution in [-0.4, -0.2) is 32.0 Å². The van der Waals surface area contributed by atoms with Gasteiger partial charge in [-0.1, -0.05) is 57.4 Å². The lowest BCUT2D eigenvalue weighted by molar-refractivity contribution is -0.125. The van der Waals surface area contributed by atoms with Gasteiger partial charge in [0.05, 0.1) is 13.1 Å². The van der Waals surface area contributed by atoms with Gasteiger partial charge in [0.15, 0.2) is 0 Å². The minimum Gasteiger partial charge on any atom is -0.358 e. The normalized spacial score (nSPS) is 16.3. The smallest absolute Gasteiger partial charge is 0.239 e. The topological polar surface area (TPSA) is 70.2 Å². The summed E-state index contributed by atoms with van der Waals surface area (Å²) in [5.74, 6) is 0.705. The summed E-state index contributed by atoms with van der Waals surface area (Å²) in [4.78, 5) is 23.1. The highest BCUT2D eigenvalue weighted by Gasteiger charge is 2.19.